The summed E-state index contributed by atoms with van der Waals surface area (Å²) in [5.41, 5.74) is 0.429. The number of ether oxygens (including phenoxy) is 5. The topological polar surface area (TPSA) is 135 Å². The van der Waals surface area contributed by atoms with Crippen molar-refractivity contribution in [1.29, 1.82) is 0 Å². The Bertz CT molecular complexity index is 1750. The maximum absolute atomic E-state index is 12.8. The second-order valence-corrected chi connectivity index (χ2v) is 11.4. The third kappa shape index (κ3) is 7.37. The predicted molar refractivity (Wildman–Crippen MR) is 173 cm³/mol. The molecule has 0 saturated carbocycles. The maximum Gasteiger partial charge on any atom is 0.330 e. The number of carbonyl (C=O) groups is 2. The van der Waals surface area contributed by atoms with E-state index in [0.717, 1.165) is 16.7 Å². The van der Waals surface area contributed by atoms with Gasteiger partial charge < -0.3 is 28.5 Å². The lowest BCUT2D eigenvalue weighted by Gasteiger charge is -2.37. The molecule has 0 spiro atoms. The van der Waals surface area contributed by atoms with Crippen molar-refractivity contribution in [3.63, 3.8) is 0 Å². The minimum Gasteiger partial charge on any atom is -0.497 e. The molecular weight excluding hydrogens is 604 g/mol. The van der Waals surface area contributed by atoms with Crippen molar-refractivity contribution in [2.24, 2.45) is 0 Å². The minimum absolute atomic E-state index is 0.0433. The van der Waals surface area contributed by atoms with E-state index in [1.165, 1.54) is 17.7 Å². The van der Waals surface area contributed by atoms with Crippen molar-refractivity contribution < 1.29 is 33.3 Å². The number of aromatic amines is 1. The molecule has 4 aromatic rings. The number of nitrogens with one attached hydrogen (secondary N) is 1. The molecule has 1 aliphatic rings. The Balaban J connectivity index is 1.56. The van der Waals surface area contributed by atoms with Crippen molar-refractivity contribution in [2.75, 3.05) is 20.8 Å². The number of aryl methyl sites for hydroxylation is 1. The van der Waals surface area contributed by atoms with E-state index in [2.05, 4.69) is 4.98 Å². The first-order chi connectivity index (χ1) is 22.6. The molecule has 1 aliphatic heterocycles. The number of aromatic nitrogens is 2. The first-order valence-electron chi connectivity index (χ1n) is 15.3. The van der Waals surface area contributed by atoms with Gasteiger partial charge in [-0.15, -0.1) is 0 Å². The van der Waals surface area contributed by atoms with Crippen LogP contribution < -0.4 is 20.7 Å². The first kappa shape index (κ1) is 33.4. The summed E-state index contributed by atoms with van der Waals surface area (Å²) in [6, 6.07) is 24.8. The Hall–Kier alpha value is -5.00. The van der Waals surface area contributed by atoms with Gasteiger partial charge in [0.05, 0.1) is 27.2 Å². The second-order valence-electron chi connectivity index (χ2n) is 11.4. The number of hydrogen-bond donors (Lipinski definition) is 1. The number of hydrogen-bond acceptors (Lipinski definition) is 9. The SMILES string of the molecule is COc1ccc(C(OCC2OC(n3cc(C)c(=O)[nH]c3=O)CC2OC(=O)CCC(C)=O)(c2ccccc2)c2ccc(OC)cc2)cc1. The number of methoxy groups -OCH3 is 2. The molecule has 1 aromatic heterocycles. The van der Waals surface area contributed by atoms with E-state index in [0.29, 0.717) is 17.1 Å². The van der Waals surface area contributed by atoms with Crippen LogP contribution >= 0.6 is 0 Å². The van der Waals surface area contributed by atoms with Gasteiger partial charge in [-0.1, -0.05) is 54.6 Å². The van der Waals surface area contributed by atoms with Crippen molar-refractivity contribution in [3.05, 3.63) is 128 Å². The molecule has 47 heavy (non-hydrogen) atoms. The van der Waals surface area contributed by atoms with E-state index in [-0.39, 0.29) is 31.7 Å². The highest BCUT2D eigenvalue weighted by Gasteiger charge is 2.44. The molecule has 11 heteroatoms. The molecule has 1 fully saturated rings. The first-order valence-corrected chi connectivity index (χ1v) is 15.3. The third-order valence-electron chi connectivity index (χ3n) is 8.24. The zero-order valence-electron chi connectivity index (χ0n) is 26.8. The van der Waals surface area contributed by atoms with Gasteiger partial charge in [0.15, 0.2) is 0 Å². The number of benzene rings is 3. The van der Waals surface area contributed by atoms with Gasteiger partial charge in [-0.25, -0.2) is 4.79 Å². The molecule has 0 aliphatic carbocycles. The van der Waals surface area contributed by atoms with Crippen LogP contribution in [0, 0.1) is 6.92 Å². The lowest BCUT2D eigenvalue weighted by molar-refractivity contribution is -0.156. The van der Waals surface area contributed by atoms with Crippen LogP contribution in [0.2, 0.25) is 0 Å². The Morgan fingerprint density at radius 1 is 0.872 bits per heavy atom. The summed E-state index contributed by atoms with van der Waals surface area (Å²) in [4.78, 5) is 51.5. The number of carbonyl (C=O) groups excluding carboxylic acids is 2. The van der Waals surface area contributed by atoms with Crippen LogP contribution in [0.5, 0.6) is 11.5 Å². The fourth-order valence-corrected chi connectivity index (χ4v) is 5.73. The van der Waals surface area contributed by atoms with E-state index in [1.54, 1.807) is 21.1 Å². The number of H-pyrrole nitrogens is 1. The summed E-state index contributed by atoms with van der Waals surface area (Å²) in [6.07, 6.45) is -1.000. The van der Waals surface area contributed by atoms with Gasteiger partial charge in [0, 0.05) is 24.6 Å². The van der Waals surface area contributed by atoms with Crippen LogP contribution in [0.3, 0.4) is 0 Å². The molecular formula is C36H38N2O9. The summed E-state index contributed by atoms with van der Waals surface area (Å²) in [5.74, 6) is 0.645. The standard InChI is InChI=1S/C36H38N2O9/c1-23-21-38(35(42)37-34(23)41)32-20-30(47-33(40)19-10-24(2)39)31(46-32)22-45-36(25-8-6-5-7-9-25,26-11-15-28(43-3)16-12-26)27-13-17-29(44-4)18-14-27/h5-9,11-18,21,30-32H,10,19-20,22H2,1-4H3,(H,37,41,42). The lowest BCUT2D eigenvalue weighted by atomic mass is 9.80. The van der Waals surface area contributed by atoms with Gasteiger partial charge in [0.2, 0.25) is 0 Å². The van der Waals surface area contributed by atoms with Crippen LogP contribution in [0.25, 0.3) is 0 Å². The van der Waals surface area contributed by atoms with E-state index in [4.69, 9.17) is 23.7 Å². The highest BCUT2D eigenvalue weighted by molar-refractivity contribution is 5.81. The third-order valence-corrected chi connectivity index (χ3v) is 8.24. The van der Waals surface area contributed by atoms with Crippen LogP contribution in [-0.2, 0) is 29.4 Å². The molecule has 246 valence electrons. The number of ketones is 1. The molecule has 1 N–H and O–H groups in total. The van der Waals surface area contributed by atoms with Gasteiger partial charge in [-0.05, 0) is 54.8 Å². The zero-order valence-corrected chi connectivity index (χ0v) is 26.8. The number of rotatable bonds is 13. The average Bonchev–Trinajstić information content (AvgIpc) is 3.48. The molecule has 0 radical (unpaired) electrons. The van der Waals surface area contributed by atoms with E-state index in [9.17, 15) is 19.2 Å². The highest BCUT2D eigenvalue weighted by atomic mass is 16.6. The summed E-state index contributed by atoms with van der Waals surface area (Å²) in [5, 5.41) is 0. The quantitative estimate of drug-likeness (QED) is 0.166. The molecule has 3 unspecified atom stereocenters. The smallest absolute Gasteiger partial charge is 0.330 e. The Morgan fingerprint density at radius 3 is 2.00 bits per heavy atom. The Kier molecular flexibility index (Phi) is 10.4. The molecule has 5 rings (SSSR count). The molecule has 3 aromatic carbocycles. The minimum atomic E-state index is -1.17. The number of Topliss-reactive ketones (excluding diaryl/α,β-unsaturated/α-hetero) is 1. The molecule has 1 saturated heterocycles. The molecule has 2 heterocycles. The van der Waals surface area contributed by atoms with Crippen molar-refractivity contribution in [2.45, 2.75) is 57.1 Å². The summed E-state index contributed by atoms with van der Waals surface area (Å²) >= 11 is 0. The van der Waals surface area contributed by atoms with Gasteiger partial charge >= 0.3 is 11.7 Å². The van der Waals surface area contributed by atoms with Gasteiger partial charge in [0.25, 0.3) is 5.56 Å². The van der Waals surface area contributed by atoms with Crippen molar-refractivity contribution in [1.82, 2.24) is 9.55 Å². The largest absolute Gasteiger partial charge is 0.497 e. The number of esters is 1. The second kappa shape index (κ2) is 14.6. The molecule has 3 atom stereocenters. The van der Waals surface area contributed by atoms with Crippen molar-refractivity contribution >= 4 is 11.8 Å². The van der Waals surface area contributed by atoms with E-state index >= 15 is 0 Å². The fourth-order valence-electron chi connectivity index (χ4n) is 5.73. The van der Waals surface area contributed by atoms with Gasteiger partial charge in [-0.2, -0.15) is 0 Å². The Morgan fingerprint density at radius 2 is 1.45 bits per heavy atom. The molecule has 0 bridgehead atoms. The summed E-state index contributed by atoms with van der Waals surface area (Å²) in [6.45, 7) is 2.93. The van der Waals surface area contributed by atoms with Gasteiger partial charge in [0.1, 0.15) is 41.3 Å². The maximum atomic E-state index is 12.8. The molecule has 11 nitrogen and oxygen atoms in total. The normalized spacial score (nSPS) is 17.7. The summed E-state index contributed by atoms with van der Waals surface area (Å²) in [7, 11) is 3.20. The zero-order chi connectivity index (χ0) is 33.6. The van der Waals surface area contributed by atoms with Crippen LogP contribution in [0.15, 0.2) is 94.6 Å². The molecule has 0 amide bonds. The van der Waals surface area contributed by atoms with Crippen LogP contribution in [0.4, 0.5) is 0 Å². The van der Waals surface area contributed by atoms with Crippen LogP contribution in [-0.4, -0.2) is 54.3 Å². The summed E-state index contributed by atoms with van der Waals surface area (Å²) < 4.78 is 31.4. The lowest BCUT2D eigenvalue weighted by Crippen LogP contribution is -2.39. The monoisotopic (exact) mass is 642 g/mol. The van der Waals surface area contributed by atoms with Crippen LogP contribution in [0.1, 0.15) is 54.7 Å². The highest BCUT2D eigenvalue weighted by Crippen LogP contribution is 2.43. The fraction of sp³-hybridized carbons (Fsp3) is 0.333. The Labute approximate surface area is 272 Å². The van der Waals surface area contributed by atoms with E-state index in [1.807, 2.05) is 78.9 Å². The average molecular weight is 643 g/mol. The van der Waals surface area contributed by atoms with Gasteiger partial charge in [-0.3, -0.25) is 19.1 Å². The predicted octanol–water partition coefficient (Wildman–Crippen LogP) is 4.44. The van der Waals surface area contributed by atoms with Crippen molar-refractivity contribution in [3.8, 4) is 11.5 Å². The number of nitrogens with zero attached hydrogens (tertiary/aromatic N) is 1. The van der Waals surface area contributed by atoms with E-state index < -0.39 is 41.3 Å².